The van der Waals surface area contributed by atoms with Crippen molar-refractivity contribution in [2.24, 2.45) is 0 Å². The van der Waals surface area contributed by atoms with Crippen molar-refractivity contribution in [3.05, 3.63) is 58.8 Å². The van der Waals surface area contributed by atoms with Crippen molar-refractivity contribution in [3.63, 3.8) is 0 Å². The summed E-state index contributed by atoms with van der Waals surface area (Å²) in [6.07, 6.45) is 4.34. The van der Waals surface area contributed by atoms with E-state index < -0.39 is 0 Å². The summed E-state index contributed by atoms with van der Waals surface area (Å²) < 4.78 is 18.4. The lowest BCUT2D eigenvalue weighted by molar-refractivity contribution is 0.460. The normalized spacial score (nSPS) is 12.6. The molecule has 0 amide bonds. The number of hydrogen-bond acceptors (Lipinski definition) is 2. The molecule has 1 N–H and O–H groups in total. The molecule has 0 aliphatic heterocycles. The molecule has 1 aromatic carbocycles. The second-order valence-corrected chi connectivity index (χ2v) is 4.96. The van der Waals surface area contributed by atoms with E-state index in [1.165, 1.54) is 6.07 Å². The predicted molar refractivity (Wildman–Crippen MR) is 75.0 cm³/mol. The summed E-state index contributed by atoms with van der Waals surface area (Å²) in [5.41, 5.74) is 1.03. The molecule has 1 heterocycles. The minimum Gasteiger partial charge on any atom is -0.469 e. The topological polar surface area (TPSA) is 25.2 Å². The van der Waals surface area contributed by atoms with E-state index in [0.717, 1.165) is 30.6 Å². The van der Waals surface area contributed by atoms with Gasteiger partial charge in [0, 0.05) is 12.5 Å². The van der Waals surface area contributed by atoms with Crippen molar-refractivity contribution in [3.8, 4) is 0 Å². The van der Waals surface area contributed by atoms with E-state index in [1.807, 2.05) is 19.2 Å². The van der Waals surface area contributed by atoms with Crippen LogP contribution in [-0.2, 0) is 12.8 Å². The maximum absolute atomic E-state index is 13.1. The van der Waals surface area contributed by atoms with Gasteiger partial charge in [0.2, 0.25) is 0 Å². The monoisotopic (exact) mass is 281 g/mol. The Bertz CT molecular complexity index is 513. The molecule has 0 bridgehead atoms. The molecule has 0 aliphatic rings. The molecule has 19 heavy (non-hydrogen) atoms. The van der Waals surface area contributed by atoms with E-state index in [2.05, 4.69) is 5.32 Å². The SMILES string of the molecule is CNC(CCc1ccco1)Cc1ccc(F)c(Cl)c1. The lowest BCUT2D eigenvalue weighted by Crippen LogP contribution is -2.28. The fourth-order valence-electron chi connectivity index (χ4n) is 2.07. The molecule has 0 aliphatic carbocycles. The number of halogens is 2. The zero-order chi connectivity index (χ0) is 13.7. The van der Waals surface area contributed by atoms with Crippen molar-refractivity contribution < 1.29 is 8.81 Å². The average Bonchev–Trinajstić information content (AvgIpc) is 2.92. The van der Waals surface area contributed by atoms with Gasteiger partial charge in [-0.15, -0.1) is 0 Å². The first kappa shape index (κ1) is 14.1. The maximum Gasteiger partial charge on any atom is 0.141 e. The van der Waals surface area contributed by atoms with Crippen LogP contribution < -0.4 is 5.32 Å². The predicted octanol–water partition coefficient (Wildman–Crippen LogP) is 3.84. The standard InChI is InChI=1S/C15H17ClFNO/c1-18-12(5-6-13-3-2-8-19-13)9-11-4-7-15(17)14(16)10-11/h2-4,7-8,10,12,18H,5-6,9H2,1H3. The zero-order valence-electron chi connectivity index (χ0n) is 10.8. The first-order valence-corrected chi connectivity index (χ1v) is 6.70. The summed E-state index contributed by atoms with van der Waals surface area (Å²) >= 11 is 5.79. The van der Waals surface area contributed by atoms with Gasteiger partial charge in [0.05, 0.1) is 11.3 Å². The fraction of sp³-hybridized carbons (Fsp3) is 0.333. The van der Waals surface area contributed by atoms with E-state index in [4.69, 9.17) is 16.0 Å². The largest absolute Gasteiger partial charge is 0.469 e. The summed E-state index contributed by atoms with van der Waals surface area (Å²) in [4.78, 5) is 0. The molecule has 2 nitrogen and oxygen atoms in total. The molecule has 0 fully saturated rings. The molecule has 2 aromatic rings. The molecule has 102 valence electrons. The van der Waals surface area contributed by atoms with Gasteiger partial charge in [-0.05, 0) is 49.7 Å². The van der Waals surface area contributed by atoms with Gasteiger partial charge in [0.1, 0.15) is 11.6 Å². The van der Waals surface area contributed by atoms with Crippen LogP contribution in [0.3, 0.4) is 0 Å². The maximum atomic E-state index is 13.1. The van der Waals surface area contributed by atoms with Crippen LogP contribution in [0.25, 0.3) is 0 Å². The van der Waals surface area contributed by atoms with Crippen LogP contribution in [-0.4, -0.2) is 13.1 Å². The number of aryl methyl sites for hydroxylation is 1. The van der Waals surface area contributed by atoms with Crippen molar-refractivity contribution in [2.75, 3.05) is 7.05 Å². The molecule has 0 radical (unpaired) electrons. The van der Waals surface area contributed by atoms with Crippen molar-refractivity contribution in [1.82, 2.24) is 5.32 Å². The molecule has 0 spiro atoms. The molecule has 4 heteroatoms. The lowest BCUT2D eigenvalue weighted by atomic mass is 10.0. The van der Waals surface area contributed by atoms with Crippen LogP contribution in [0.5, 0.6) is 0 Å². The van der Waals surface area contributed by atoms with Crippen molar-refractivity contribution in [2.45, 2.75) is 25.3 Å². The Kier molecular flexibility index (Phi) is 5.00. The first-order valence-electron chi connectivity index (χ1n) is 6.32. The van der Waals surface area contributed by atoms with Gasteiger partial charge < -0.3 is 9.73 Å². The first-order chi connectivity index (χ1) is 9.19. The Labute approximate surface area is 117 Å². The molecule has 0 saturated carbocycles. The second-order valence-electron chi connectivity index (χ2n) is 4.56. The number of benzene rings is 1. The number of likely N-dealkylation sites (N-methyl/N-ethyl adjacent to an activating group) is 1. The van der Waals surface area contributed by atoms with Gasteiger partial charge in [-0.2, -0.15) is 0 Å². The Morgan fingerprint density at radius 2 is 2.21 bits per heavy atom. The van der Waals surface area contributed by atoms with Crippen LogP contribution in [0.2, 0.25) is 5.02 Å². The van der Waals surface area contributed by atoms with E-state index in [-0.39, 0.29) is 10.8 Å². The van der Waals surface area contributed by atoms with Gasteiger partial charge in [0.15, 0.2) is 0 Å². The number of hydrogen-bond donors (Lipinski definition) is 1. The average molecular weight is 282 g/mol. The molecule has 1 aromatic heterocycles. The highest BCUT2D eigenvalue weighted by molar-refractivity contribution is 6.30. The minimum atomic E-state index is -0.373. The Hall–Kier alpha value is -1.32. The van der Waals surface area contributed by atoms with Gasteiger partial charge in [0.25, 0.3) is 0 Å². The Morgan fingerprint density at radius 3 is 2.84 bits per heavy atom. The number of nitrogens with one attached hydrogen (secondary N) is 1. The van der Waals surface area contributed by atoms with Crippen molar-refractivity contribution in [1.29, 1.82) is 0 Å². The van der Waals surface area contributed by atoms with Gasteiger partial charge in [-0.25, -0.2) is 4.39 Å². The van der Waals surface area contributed by atoms with Crippen molar-refractivity contribution >= 4 is 11.6 Å². The molecular weight excluding hydrogens is 265 g/mol. The summed E-state index contributed by atoms with van der Waals surface area (Å²) in [6, 6.07) is 9.06. The van der Waals surface area contributed by atoms with Crippen LogP contribution in [0.4, 0.5) is 4.39 Å². The Balaban J connectivity index is 1.92. The third-order valence-electron chi connectivity index (χ3n) is 3.19. The van der Waals surface area contributed by atoms with Crippen LogP contribution in [0.15, 0.2) is 41.0 Å². The molecule has 2 rings (SSSR count). The molecular formula is C15H17ClFNO. The molecule has 1 unspecified atom stereocenters. The van der Waals surface area contributed by atoms with Gasteiger partial charge in [-0.3, -0.25) is 0 Å². The van der Waals surface area contributed by atoms with Gasteiger partial charge >= 0.3 is 0 Å². The fourth-order valence-corrected chi connectivity index (χ4v) is 2.27. The van der Waals surface area contributed by atoms with Gasteiger partial charge in [-0.1, -0.05) is 17.7 Å². The van der Waals surface area contributed by atoms with E-state index >= 15 is 0 Å². The van der Waals surface area contributed by atoms with Crippen LogP contribution >= 0.6 is 11.6 Å². The van der Waals surface area contributed by atoms with E-state index in [0.29, 0.717) is 6.04 Å². The van der Waals surface area contributed by atoms with E-state index in [9.17, 15) is 4.39 Å². The molecule has 0 saturated heterocycles. The number of furan rings is 1. The zero-order valence-corrected chi connectivity index (χ0v) is 11.6. The molecule has 1 atom stereocenters. The van der Waals surface area contributed by atoms with Crippen LogP contribution in [0, 0.1) is 5.82 Å². The summed E-state index contributed by atoms with van der Waals surface area (Å²) in [6.45, 7) is 0. The smallest absolute Gasteiger partial charge is 0.141 e. The quantitative estimate of drug-likeness (QED) is 0.870. The second kappa shape index (κ2) is 6.73. The van der Waals surface area contributed by atoms with Crippen LogP contribution in [0.1, 0.15) is 17.7 Å². The third-order valence-corrected chi connectivity index (χ3v) is 3.48. The summed E-state index contributed by atoms with van der Waals surface area (Å²) in [7, 11) is 1.93. The highest BCUT2D eigenvalue weighted by Gasteiger charge is 2.10. The van der Waals surface area contributed by atoms with E-state index in [1.54, 1.807) is 18.4 Å². The highest BCUT2D eigenvalue weighted by Crippen LogP contribution is 2.18. The minimum absolute atomic E-state index is 0.179. The lowest BCUT2D eigenvalue weighted by Gasteiger charge is -2.15. The third kappa shape index (κ3) is 4.08. The summed E-state index contributed by atoms with van der Waals surface area (Å²) in [5, 5.41) is 3.45. The Morgan fingerprint density at radius 1 is 1.37 bits per heavy atom. The summed E-state index contributed by atoms with van der Waals surface area (Å²) in [5.74, 6) is 0.611. The highest BCUT2D eigenvalue weighted by atomic mass is 35.5. The number of rotatable bonds is 6.